The van der Waals surface area contributed by atoms with Gasteiger partial charge in [-0.1, -0.05) is 23.2 Å². The van der Waals surface area contributed by atoms with Gasteiger partial charge in [-0.15, -0.1) is 0 Å². The second-order valence-corrected chi connectivity index (χ2v) is 6.40. The molecule has 0 atom stereocenters. The molecule has 0 fully saturated rings. The number of fused-ring (bicyclic) bond motifs is 1. The van der Waals surface area contributed by atoms with Crippen LogP contribution in [0.5, 0.6) is 17.2 Å². The van der Waals surface area contributed by atoms with E-state index in [1.165, 1.54) is 13.2 Å². The van der Waals surface area contributed by atoms with E-state index in [9.17, 15) is 9.90 Å². The van der Waals surface area contributed by atoms with Crippen LogP contribution in [0.3, 0.4) is 0 Å². The SMILES string of the molecule is COc1cc(C=C2Oc3c(Cl)ccc(Cl)c3C2=O)cc(Br)c1O. The Balaban J connectivity index is 2.07. The average molecular weight is 416 g/mol. The average Bonchev–Trinajstić information content (AvgIpc) is 2.85. The van der Waals surface area contributed by atoms with Crippen molar-refractivity contribution < 1.29 is 19.4 Å². The van der Waals surface area contributed by atoms with Crippen LogP contribution in [0.4, 0.5) is 0 Å². The van der Waals surface area contributed by atoms with Crippen LogP contribution in [0.25, 0.3) is 6.08 Å². The minimum absolute atomic E-state index is 0.0253. The van der Waals surface area contributed by atoms with Gasteiger partial charge in [-0.05, 0) is 51.8 Å². The summed E-state index contributed by atoms with van der Waals surface area (Å²) in [6, 6.07) is 6.33. The zero-order valence-electron chi connectivity index (χ0n) is 11.7. The highest BCUT2D eigenvalue weighted by Gasteiger charge is 2.32. The van der Waals surface area contributed by atoms with E-state index in [4.69, 9.17) is 32.7 Å². The first kappa shape index (κ1) is 16.2. The Morgan fingerprint density at radius 1 is 1.26 bits per heavy atom. The largest absolute Gasteiger partial charge is 0.503 e. The minimum atomic E-state index is -0.351. The molecule has 0 saturated carbocycles. The third-order valence-corrected chi connectivity index (χ3v) is 4.51. The lowest BCUT2D eigenvalue weighted by Gasteiger charge is -2.07. The van der Waals surface area contributed by atoms with Crippen LogP contribution >= 0.6 is 39.1 Å². The van der Waals surface area contributed by atoms with Gasteiger partial charge < -0.3 is 14.6 Å². The molecule has 3 rings (SSSR count). The summed E-state index contributed by atoms with van der Waals surface area (Å²) in [5.41, 5.74) is 0.852. The van der Waals surface area contributed by atoms with Crippen molar-refractivity contribution in [3.8, 4) is 17.2 Å². The van der Waals surface area contributed by atoms with E-state index < -0.39 is 0 Å². The maximum absolute atomic E-state index is 12.5. The van der Waals surface area contributed by atoms with Gasteiger partial charge in [-0.3, -0.25) is 4.79 Å². The molecular formula is C16H9BrCl2O4. The molecular weight excluding hydrogens is 407 g/mol. The zero-order valence-corrected chi connectivity index (χ0v) is 14.8. The quantitative estimate of drug-likeness (QED) is 0.694. The summed E-state index contributed by atoms with van der Waals surface area (Å²) in [5, 5.41) is 10.4. The summed E-state index contributed by atoms with van der Waals surface area (Å²) in [6.45, 7) is 0. The Bertz CT molecular complexity index is 862. The monoisotopic (exact) mass is 414 g/mol. The third kappa shape index (κ3) is 2.80. The lowest BCUT2D eigenvalue weighted by molar-refractivity contribution is 0.101. The molecule has 7 heteroatoms. The van der Waals surface area contributed by atoms with E-state index in [2.05, 4.69) is 15.9 Å². The topological polar surface area (TPSA) is 55.8 Å². The number of Topliss-reactive ketones (excluding diaryl/α,β-unsaturated/α-hetero) is 1. The van der Waals surface area contributed by atoms with Gasteiger partial charge in [0.05, 0.1) is 27.2 Å². The summed E-state index contributed by atoms with van der Waals surface area (Å²) in [6.07, 6.45) is 1.53. The molecule has 0 radical (unpaired) electrons. The van der Waals surface area contributed by atoms with Crippen molar-refractivity contribution in [2.24, 2.45) is 0 Å². The van der Waals surface area contributed by atoms with Crippen LogP contribution in [0.15, 0.2) is 34.5 Å². The molecule has 2 aromatic carbocycles. The number of halogens is 3. The normalized spacial score (nSPS) is 14.8. The van der Waals surface area contributed by atoms with Crippen molar-refractivity contribution in [3.63, 3.8) is 0 Å². The number of ketones is 1. The number of carbonyl (C=O) groups excluding carboxylic acids is 1. The van der Waals surface area contributed by atoms with Crippen molar-refractivity contribution in [2.75, 3.05) is 7.11 Å². The molecule has 0 spiro atoms. The van der Waals surface area contributed by atoms with Crippen LogP contribution in [0.1, 0.15) is 15.9 Å². The second kappa shape index (κ2) is 6.07. The fourth-order valence-electron chi connectivity index (χ4n) is 2.20. The molecule has 1 heterocycles. The lowest BCUT2D eigenvalue weighted by Crippen LogP contribution is -1.98. The fourth-order valence-corrected chi connectivity index (χ4v) is 3.09. The standard InChI is InChI=1S/C16H9BrCl2O4/c1-22-11-5-7(4-8(17)14(11)20)6-12-15(21)13-9(18)2-3-10(19)16(13)23-12/h2-6,20H,1H3. The number of allylic oxidation sites excluding steroid dienone is 1. The maximum Gasteiger partial charge on any atom is 0.233 e. The van der Waals surface area contributed by atoms with Crippen molar-refractivity contribution in [2.45, 2.75) is 0 Å². The van der Waals surface area contributed by atoms with Crippen LogP contribution in [0, 0.1) is 0 Å². The van der Waals surface area contributed by atoms with Crippen molar-refractivity contribution >= 4 is 51.0 Å². The summed E-state index contributed by atoms with van der Waals surface area (Å²) in [4.78, 5) is 12.5. The summed E-state index contributed by atoms with van der Waals surface area (Å²) < 4.78 is 11.1. The molecule has 0 aromatic heterocycles. The molecule has 1 aliphatic rings. The Morgan fingerprint density at radius 2 is 1.96 bits per heavy atom. The Hall–Kier alpha value is -1.69. The molecule has 118 valence electrons. The first-order chi connectivity index (χ1) is 10.9. The fraction of sp³-hybridized carbons (Fsp3) is 0.0625. The number of benzene rings is 2. The number of phenols is 1. The summed E-state index contributed by atoms with van der Waals surface area (Å²) >= 11 is 15.3. The summed E-state index contributed by atoms with van der Waals surface area (Å²) in [7, 11) is 1.44. The predicted molar refractivity (Wildman–Crippen MR) is 91.8 cm³/mol. The molecule has 2 aromatic rings. The van der Waals surface area contributed by atoms with E-state index in [0.29, 0.717) is 15.1 Å². The van der Waals surface area contributed by atoms with Gasteiger partial charge in [-0.25, -0.2) is 0 Å². The highest BCUT2D eigenvalue weighted by atomic mass is 79.9. The molecule has 1 aliphatic heterocycles. The van der Waals surface area contributed by atoms with E-state index in [0.717, 1.165) is 0 Å². The molecule has 1 N–H and O–H groups in total. The molecule has 4 nitrogen and oxygen atoms in total. The smallest absolute Gasteiger partial charge is 0.233 e. The van der Waals surface area contributed by atoms with E-state index in [1.54, 1.807) is 24.3 Å². The van der Waals surface area contributed by atoms with Crippen molar-refractivity contribution in [3.05, 3.63) is 55.7 Å². The lowest BCUT2D eigenvalue weighted by atomic mass is 10.1. The molecule has 0 saturated heterocycles. The molecule has 0 aliphatic carbocycles. The van der Waals surface area contributed by atoms with Crippen LogP contribution in [-0.2, 0) is 0 Å². The van der Waals surface area contributed by atoms with Gasteiger partial charge >= 0.3 is 0 Å². The molecule has 0 bridgehead atoms. The number of rotatable bonds is 2. The second-order valence-electron chi connectivity index (χ2n) is 4.73. The zero-order chi connectivity index (χ0) is 16.7. The number of ether oxygens (including phenoxy) is 2. The van der Waals surface area contributed by atoms with E-state index in [-0.39, 0.29) is 39.4 Å². The van der Waals surface area contributed by atoms with Gasteiger partial charge in [0.25, 0.3) is 0 Å². The Labute approximate surface area is 150 Å². The number of hydrogen-bond donors (Lipinski definition) is 1. The number of methoxy groups -OCH3 is 1. The Morgan fingerprint density at radius 3 is 2.61 bits per heavy atom. The molecule has 0 unspecified atom stereocenters. The van der Waals surface area contributed by atoms with Gasteiger partial charge in [0.1, 0.15) is 0 Å². The number of aromatic hydroxyl groups is 1. The van der Waals surface area contributed by atoms with E-state index >= 15 is 0 Å². The van der Waals surface area contributed by atoms with Crippen molar-refractivity contribution in [1.82, 2.24) is 0 Å². The Kier molecular flexibility index (Phi) is 4.27. The summed E-state index contributed by atoms with van der Waals surface area (Å²) in [5.74, 6) is 0.235. The highest BCUT2D eigenvalue weighted by molar-refractivity contribution is 9.10. The van der Waals surface area contributed by atoms with Crippen molar-refractivity contribution in [1.29, 1.82) is 0 Å². The third-order valence-electron chi connectivity index (χ3n) is 3.29. The van der Waals surface area contributed by atoms with E-state index in [1.807, 2.05) is 0 Å². The predicted octanol–water partition coefficient (Wildman–Crippen LogP) is 5.09. The van der Waals surface area contributed by atoms with Crippen LogP contribution in [0.2, 0.25) is 10.0 Å². The van der Waals surface area contributed by atoms with Crippen LogP contribution in [-0.4, -0.2) is 18.0 Å². The maximum atomic E-state index is 12.5. The van der Waals surface area contributed by atoms with Gasteiger partial charge in [-0.2, -0.15) is 0 Å². The number of hydrogen-bond acceptors (Lipinski definition) is 4. The van der Waals surface area contributed by atoms with Gasteiger partial charge in [0.2, 0.25) is 5.78 Å². The minimum Gasteiger partial charge on any atom is -0.503 e. The number of phenolic OH excluding ortho intramolecular Hbond substituents is 1. The van der Waals surface area contributed by atoms with Crippen LogP contribution < -0.4 is 9.47 Å². The first-order valence-corrected chi connectivity index (χ1v) is 7.96. The van der Waals surface area contributed by atoms with Gasteiger partial charge in [0, 0.05) is 0 Å². The highest BCUT2D eigenvalue weighted by Crippen LogP contribution is 2.42. The molecule has 23 heavy (non-hydrogen) atoms. The van der Waals surface area contributed by atoms with Gasteiger partial charge in [0.15, 0.2) is 23.0 Å². The molecule has 0 amide bonds. The number of carbonyl (C=O) groups is 1. The first-order valence-electron chi connectivity index (χ1n) is 6.41.